The lowest BCUT2D eigenvalue weighted by Crippen LogP contribution is -2.18. The molecule has 27 heavy (non-hydrogen) atoms. The zero-order chi connectivity index (χ0) is 19.8. The van der Waals surface area contributed by atoms with Crippen LogP contribution in [0.5, 0.6) is 0 Å². The number of aromatic nitrogens is 1. The van der Waals surface area contributed by atoms with Gasteiger partial charge in [0.25, 0.3) is 0 Å². The van der Waals surface area contributed by atoms with Crippen molar-refractivity contribution in [1.82, 2.24) is 15.4 Å². The number of hydrogen-bond donors (Lipinski definition) is 4. The van der Waals surface area contributed by atoms with E-state index in [9.17, 15) is 10.0 Å². The van der Waals surface area contributed by atoms with Crippen LogP contribution in [0.25, 0.3) is 11.6 Å². The first-order valence-electron chi connectivity index (χ1n) is 8.36. The summed E-state index contributed by atoms with van der Waals surface area (Å²) in [6.45, 7) is 5.97. The van der Waals surface area contributed by atoms with Gasteiger partial charge in [-0.1, -0.05) is 6.58 Å². The number of hydrogen-bond acceptors (Lipinski definition) is 6. The van der Waals surface area contributed by atoms with Crippen LogP contribution in [-0.2, 0) is 4.79 Å². The molecule has 0 fully saturated rings. The van der Waals surface area contributed by atoms with E-state index in [0.717, 1.165) is 16.9 Å². The highest BCUT2D eigenvalue weighted by Gasteiger charge is 2.17. The molecule has 0 bridgehead atoms. The van der Waals surface area contributed by atoms with Crippen LogP contribution in [0, 0.1) is 5.41 Å². The van der Waals surface area contributed by atoms with Crippen LogP contribution < -0.4 is 11.1 Å². The maximum absolute atomic E-state index is 12.2. The van der Waals surface area contributed by atoms with Crippen molar-refractivity contribution in [3.05, 3.63) is 77.6 Å². The second-order valence-electron chi connectivity index (χ2n) is 5.87. The maximum atomic E-state index is 12.2. The summed E-state index contributed by atoms with van der Waals surface area (Å²) < 4.78 is 0. The van der Waals surface area contributed by atoms with Gasteiger partial charge in [0.05, 0.1) is 5.70 Å². The number of nitrogens with one attached hydrogen (secondary N) is 2. The van der Waals surface area contributed by atoms with E-state index in [1.165, 1.54) is 12.3 Å². The van der Waals surface area contributed by atoms with Gasteiger partial charge in [0, 0.05) is 54.3 Å². The van der Waals surface area contributed by atoms with Gasteiger partial charge in [-0.2, -0.15) is 0 Å². The summed E-state index contributed by atoms with van der Waals surface area (Å²) >= 11 is 0. The van der Waals surface area contributed by atoms with E-state index >= 15 is 0 Å². The third-order valence-corrected chi connectivity index (χ3v) is 4.02. The molecule has 140 valence electrons. The quantitative estimate of drug-likeness (QED) is 0.438. The van der Waals surface area contributed by atoms with Gasteiger partial charge in [0.1, 0.15) is 0 Å². The highest BCUT2D eigenvalue weighted by Crippen LogP contribution is 2.23. The molecule has 0 spiro atoms. The van der Waals surface area contributed by atoms with Gasteiger partial charge in [-0.3, -0.25) is 20.0 Å². The second kappa shape index (κ2) is 9.30. The fraction of sp³-hybridized carbons (Fsp3) is 0.150. The average molecular weight is 365 g/mol. The third kappa shape index (κ3) is 5.02. The van der Waals surface area contributed by atoms with Gasteiger partial charge >= 0.3 is 0 Å². The standard InChI is InChI=1S/C20H23N5O2/c1-3-19-15(7-9-25(19)27)10-14(2)24-20(26)5-4-16-13-23-8-6-18(16)17(11-21)12-22/h3-6,8,10-13,21,27H,1,7,9,22H2,2H3,(H,24,26)/b5-4+,14-10+,17-12+,21-11?. The van der Waals surface area contributed by atoms with Crippen LogP contribution in [0.2, 0.25) is 0 Å². The highest BCUT2D eigenvalue weighted by molar-refractivity contribution is 6.09. The van der Waals surface area contributed by atoms with Crippen molar-refractivity contribution in [2.75, 3.05) is 6.54 Å². The van der Waals surface area contributed by atoms with Crippen LogP contribution in [0.15, 0.2) is 66.4 Å². The van der Waals surface area contributed by atoms with Crippen molar-refractivity contribution < 1.29 is 10.0 Å². The summed E-state index contributed by atoms with van der Waals surface area (Å²) in [7, 11) is 0. The van der Waals surface area contributed by atoms with Crippen molar-refractivity contribution in [2.45, 2.75) is 13.3 Å². The molecule has 1 aliphatic rings. The summed E-state index contributed by atoms with van der Waals surface area (Å²) in [4.78, 5) is 16.2. The Morgan fingerprint density at radius 1 is 1.52 bits per heavy atom. The molecule has 0 aliphatic carbocycles. The van der Waals surface area contributed by atoms with Crippen molar-refractivity contribution in [2.24, 2.45) is 5.73 Å². The molecule has 2 rings (SSSR count). The largest absolute Gasteiger partial charge is 0.404 e. The molecule has 0 saturated carbocycles. The molecule has 7 heteroatoms. The zero-order valence-electron chi connectivity index (χ0n) is 15.1. The van der Waals surface area contributed by atoms with Crippen LogP contribution >= 0.6 is 0 Å². The van der Waals surface area contributed by atoms with Gasteiger partial charge in [-0.15, -0.1) is 0 Å². The Balaban J connectivity index is 2.13. The second-order valence-corrected chi connectivity index (χ2v) is 5.87. The minimum atomic E-state index is -0.300. The van der Waals surface area contributed by atoms with Crippen LogP contribution in [0.4, 0.5) is 0 Å². The molecular formula is C20H23N5O2. The van der Waals surface area contributed by atoms with Crippen LogP contribution in [-0.4, -0.2) is 33.9 Å². The molecule has 2 heterocycles. The molecule has 1 aromatic rings. The van der Waals surface area contributed by atoms with Crippen molar-refractivity contribution in [3.63, 3.8) is 0 Å². The first kappa shape index (κ1) is 19.9. The number of hydroxylamine groups is 2. The molecule has 0 radical (unpaired) electrons. The lowest BCUT2D eigenvalue weighted by Gasteiger charge is -2.09. The molecule has 1 aliphatic heterocycles. The topological polar surface area (TPSA) is 115 Å². The lowest BCUT2D eigenvalue weighted by atomic mass is 10.0. The van der Waals surface area contributed by atoms with Gasteiger partial charge in [0.15, 0.2) is 0 Å². The highest BCUT2D eigenvalue weighted by atomic mass is 16.5. The molecule has 0 unspecified atom stereocenters. The Kier molecular flexibility index (Phi) is 6.85. The monoisotopic (exact) mass is 365 g/mol. The van der Waals surface area contributed by atoms with Gasteiger partial charge < -0.3 is 16.5 Å². The van der Waals surface area contributed by atoms with E-state index in [1.807, 2.05) is 6.08 Å². The molecule has 1 aromatic heterocycles. The van der Waals surface area contributed by atoms with Crippen LogP contribution in [0.3, 0.4) is 0 Å². The molecule has 1 amide bonds. The number of nitrogens with zero attached hydrogens (tertiary/aromatic N) is 2. The Morgan fingerprint density at radius 3 is 2.96 bits per heavy atom. The minimum Gasteiger partial charge on any atom is -0.404 e. The number of rotatable bonds is 7. The molecule has 5 N–H and O–H groups in total. The smallest absolute Gasteiger partial charge is 0.248 e. The van der Waals surface area contributed by atoms with E-state index in [2.05, 4.69) is 16.9 Å². The maximum Gasteiger partial charge on any atom is 0.248 e. The number of pyridine rings is 1. The molecule has 7 nitrogen and oxygen atoms in total. The number of carbonyl (C=O) groups excluding carboxylic acids is 1. The number of allylic oxidation sites excluding steroid dienone is 4. The van der Waals surface area contributed by atoms with E-state index in [0.29, 0.717) is 41.1 Å². The van der Waals surface area contributed by atoms with Gasteiger partial charge in [-0.05, 0) is 48.8 Å². The molecule has 0 aromatic carbocycles. The molecular weight excluding hydrogens is 342 g/mol. The van der Waals surface area contributed by atoms with Crippen LogP contribution in [0.1, 0.15) is 24.5 Å². The van der Waals surface area contributed by atoms with Crippen molar-refractivity contribution >= 4 is 23.8 Å². The predicted octanol–water partition coefficient (Wildman–Crippen LogP) is 2.60. The summed E-state index contributed by atoms with van der Waals surface area (Å²) in [6.07, 6.45) is 12.8. The number of carbonyl (C=O) groups is 1. The Morgan fingerprint density at radius 2 is 2.30 bits per heavy atom. The zero-order valence-corrected chi connectivity index (χ0v) is 15.1. The average Bonchev–Trinajstić information content (AvgIpc) is 3.01. The molecule has 0 atom stereocenters. The molecule has 0 saturated heterocycles. The van der Waals surface area contributed by atoms with Crippen molar-refractivity contribution in [1.29, 1.82) is 5.41 Å². The number of amides is 1. The first-order chi connectivity index (χ1) is 13.0. The van der Waals surface area contributed by atoms with E-state index in [-0.39, 0.29) is 5.91 Å². The summed E-state index contributed by atoms with van der Waals surface area (Å²) in [5, 5.41) is 21.1. The van der Waals surface area contributed by atoms with Gasteiger partial charge in [-0.25, -0.2) is 0 Å². The van der Waals surface area contributed by atoms with E-state index in [4.69, 9.17) is 11.1 Å². The summed E-state index contributed by atoms with van der Waals surface area (Å²) in [5.41, 5.74) is 9.68. The predicted molar refractivity (Wildman–Crippen MR) is 106 cm³/mol. The first-order valence-corrected chi connectivity index (χ1v) is 8.36. The van der Waals surface area contributed by atoms with Gasteiger partial charge in [0.2, 0.25) is 5.91 Å². The minimum absolute atomic E-state index is 0.300. The van der Waals surface area contributed by atoms with E-state index < -0.39 is 0 Å². The summed E-state index contributed by atoms with van der Waals surface area (Å²) in [5.74, 6) is -0.300. The SMILES string of the molecule is C=CC1=C(/C=C(\C)NC(=O)/C=C/c2cnccc2/C(C=N)=C/N)CCN1O. The normalized spacial score (nSPS) is 15.4. The third-order valence-electron chi connectivity index (χ3n) is 4.02. The fourth-order valence-corrected chi connectivity index (χ4v) is 2.74. The fourth-order valence-electron chi connectivity index (χ4n) is 2.74. The Hall–Kier alpha value is -3.45. The van der Waals surface area contributed by atoms with E-state index in [1.54, 1.807) is 37.5 Å². The Labute approximate surface area is 158 Å². The lowest BCUT2D eigenvalue weighted by molar-refractivity contribution is -0.115. The summed E-state index contributed by atoms with van der Waals surface area (Å²) in [6, 6.07) is 1.73. The number of nitrogens with two attached hydrogens (primary N) is 1. The van der Waals surface area contributed by atoms with Crippen molar-refractivity contribution in [3.8, 4) is 0 Å². The Bertz CT molecular complexity index is 865.